The van der Waals surface area contributed by atoms with Crippen LogP contribution in [0.5, 0.6) is 0 Å². The van der Waals surface area contributed by atoms with E-state index in [1.165, 1.54) is 5.56 Å². The van der Waals surface area contributed by atoms with Gasteiger partial charge in [0.15, 0.2) is 0 Å². The molecule has 0 spiro atoms. The molecule has 1 aliphatic rings. The molecule has 0 amide bonds. The molecule has 20 heavy (non-hydrogen) atoms. The van der Waals surface area contributed by atoms with Gasteiger partial charge >= 0.3 is 0 Å². The molecule has 0 bridgehead atoms. The molecule has 2 heterocycles. The lowest BCUT2D eigenvalue weighted by molar-refractivity contribution is -0.0834. The number of pyridine rings is 1. The molecule has 0 radical (unpaired) electrons. The van der Waals surface area contributed by atoms with Crippen molar-refractivity contribution in [1.29, 1.82) is 0 Å². The topological polar surface area (TPSA) is 51.4 Å². The van der Waals surface area contributed by atoms with E-state index in [4.69, 9.17) is 10.5 Å². The Morgan fingerprint density at radius 1 is 1.45 bits per heavy atom. The van der Waals surface area contributed by atoms with E-state index >= 15 is 0 Å². The van der Waals surface area contributed by atoms with Crippen LogP contribution >= 0.6 is 0 Å². The molecule has 1 aromatic heterocycles. The third-order valence-corrected chi connectivity index (χ3v) is 4.58. The molecule has 2 N–H and O–H groups in total. The largest absolute Gasteiger partial charge is 0.378 e. The Bertz CT molecular complexity index is 409. The van der Waals surface area contributed by atoms with E-state index in [-0.39, 0.29) is 5.54 Å². The van der Waals surface area contributed by atoms with Gasteiger partial charge in [-0.25, -0.2) is 0 Å². The molecule has 1 fully saturated rings. The number of nitrogens with two attached hydrogens (primary N) is 1. The van der Waals surface area contributed by atoms with Crippen LogP contribution in [0.4, 0.5) is 0 Å². The number of rotatable bonds is 5. The number of ether oxygens (including phenoxy) is 1. The summed E-state index contributed by atoms with van der Waals surface area (Å²) in [7, 11) is 2.18. The molecule has 112 valence electrons. The van der Waals surface area contributed by atoms with Crippen molar-refractivity contribution in [3.05, 3.63) is 30.1 Å². The second-order valence-electron chi connectivity index (χ2n) is 6.25. The summed E-state index contributed by atoms with van der Waals surface area (Å²) in [6, 6.07) is 4.14. The molecule has 0 aromatic carbocycles. The van der Waals surface area contributed by atoms with Crippen LogP contribution in [0, 0.1) is 5.92 Å². The summed E-state index contributed by atoms with van der Waals surface area (Å²) in [4.78, 5) is 6.48. The summed E-state index contributed by atoms with van der Waals surface area (Å²) in [5.74, 6) is 0.538. The highest BCUT2D eigenvalue weighted by Gasteiger charge is 2.40. The van der Waals surface area contributed by atoms with Crippen LogP contribution in [0.25, 0.3) is 0 Å². The average molecular weight is 277 g/mol. The molecular formula is C16H27N3O. The first-order valence-electron chi connectivity index (χ1n) is 7.49. The van der Waals surface area contributed by atoms with Gasteiger partial charge in [0.1, 0.15) is 0 Å². The predicted molar refractivity (Wildman–Crippen MR) is 81.3 cm³/mol. The smallest absolute Gasteiger partial charge is 0.0616 e. The van der Waals surface area contributed by atoms with Gasteiger partial charge in [0, 0.05) is 37.6 Å². The van der Waals surface area contributed by atoms with Crippen LogP contribution in [-0.4, -0.2) is 41.7 Å². The second kappa shape index (κ2) is 6.66. The zero-order chi connectivity index (χ0) is 14.6. The van der Waals surface area contributed by atoms with Gasteiger partial charge in [0.05, 0.1) is 6.10 Å². The fraction of sp³-hybridized carbons (Fsp3) is 0.688. The highest BCUT2D eigenvalue weighted by Crippen LogP contribution is 2.33. The van der Waals surface area contributed by atoms with E-state index in [2.05, 4.69) is 42.9 Å². The number of hydrogen-bond acceptors (Lipinski definition) is 4. The van der Waals surface area contributed by atoms with Crippen LogP contribution in [0.15, 0.2) is 24.5 Å². The molecule has 0 saturated carbocycles. The Balaban J connectivity index is 2.09. The highest BCUT2D eigenvalue weighted by atomic mass is 16.5. The summed E-state index contributed by atoms with van der Waals surface area (Å²) in [6.07, 6.45) is 6.03. The summed E-state index contributed by atoms with van der Waals surface area (Å²) in [5, 5.41) is 0. The Labute approximate surface area is 122 Å². The van der Waals surface area contributed by atoms with Gasteiger partial charge in [0.25, 0.3) is 0 Å². The summed E-state index contributed by atoms with van der Waals surface area (Å²) < 4.78 is 5.90. The predicted octanol–water partition coefficient (Wildman–Crippen LogP) is 2.05. The molecule has 2 unspecified atom stereocenters. The number of hydrogen-bond donors (Lipinski definition) is 1. The van der Waals surface area contributed by atoms with E-state index in [9.17, 15) is 0 Å². The van der Waals surface area contributed by atoms with Gasteiger partial charge in [-0.3, -0.25) is 9.88 Å². The molecule has 1 saturated heterocycles. The standard InChI is InChI=1S/C16H27N3O/c1-13(2)15-10-16(12-17,6-9-20-15)19(3)11-14-4-7-18-8-5-14/h4-5,7-8,13,15H,6,9-12,17H2,1-3H3. The lowest BCUT2D eigenvalue weighted by Crippen LogP contribution is -2.57. The van der Waals surface area contributed by atoms with Crippen LogP contribution < -0.4 is 5.73 Å². The lowest BCUT2D eigenvalue weighted by Gasteiger charge is -2.47. The zero-order valence-electron chi connectivity index (χ0n) is 12.9. The third kappa shape index (κ3) is 3.37. The van der Waals surface area contributed by atoms with E-state index in [1.807, 2.05) is 12.4 Å². The highest BCUT2D eigenvalue weighted by molar-refractivity contribution is 5.10. The van der Waals surface area contributed by atoms with E-state index in [1.54, 1.807) is 0 Å². The maximum absolute atomic E-state index is 6.15. The number of nitrogens with zero attached hydrogens (tertiary/aromatic N) is 2. The van der Waals surface area contributed by atoms with Crippen LogP contribution in [-0.2, 0) is 11.3 Å². The van der Waals surface area contributed by atoms with Crippen LogP contribution in [0.1, 0.15) is 32.3 Å². The van der Waals surface area contributed by atoms with E-state index in [0.29, 0.717) is 18.6 Å². The first-order valence-corrected chi connectivity index (χ1v) is 7.49. The minimum Gasteiger partial charge on any atom is -0.378 e. The monoisotopic (exact) mass is 277 g/mol. The summed E-state index contributed by atoms with van der Waals surface area (Å²) in [6.45, 7) is 6.84. The van der Waals surface area contributed by atoms with Gasteiger partial charge in [-0.2, -0.15) is 0 Å². The normalized spacial score (nSPS) is 27.2. The maximum atomic E-state index is 6.15. The van der Waals surface area contributed by atoms with E-state index < -0.39 is 0 Å². The van der Waals surface area contributed by atoms with Crippen molar-refractivity contribution >= 4 is 0 Å². The van der Waals surface area contributed by atoms with Crippen LogP contribution in [0.3, 0.4) is 0 Å². The minimum atomic E-state index is 0.0520. The van der Waals surface area contributed by atoms with Crippen LogP contribution in [0.2, 0.25) is 0 Å². The minimum absolute atomic E-state index is 0.0520. The van der Waals surface area contributed by atoms with Crippen molar-refractivity contribution in [3.63, 3.8) is 0 Å². The quantitative estimate of drug-likeness (QED) is 0.895. The molecule has 4 heteroatoms. The van der Waals surface area contributed by atoms with E-state index in [0.717, 1.165) is 26.0 Å². The van der Waals surface area contributed by atoms with Gasteiger partial charge < -0.3 is 10.5 Å². The first kappa shape index (κ1) is 15.4. The van der Waals surface area contributed by atoms with Gasteiger partial charge in [-0.05, 0) is 43.5 Å². The third-order valence-electron chi connectivity index (χ3n) is 4.58. The number of aromatic nitrogens is 1. The lowest BCUT2D eigenvalue weighted by atomic mass is 9.82. The average Bonchev–Trinajstić information content (AvgIpc) is 2.48. The van der Waals surface area contributed by atoms with Crippen molar-refractivity contribution in [3.8, 4) is 0 Å². The Morgan fingerprint density at radius 3 is 2.75 bits per heavy atom. The Kier molecular flexibility index (Phi) is 5.13. The van der Waals surface area contributed by atoms with Crippen molar-refractivity contribution in [2.24, 2.45) is 11.7 Å². The van der Waals surface area contributed by atoms with Gasteiger partial charge in [-0.15, -0.1) is 0 Å². The molecule has 0 aliphatic carbocycles. The van der Waals surface area contributed by atoms with Gasteiger partial charge in [0.2, 0.25) is 0 Å². The fourth-order valence-electron chi connectivity index (χ4n) is 2.98. The van der Waals surface area contributed by atoms with Crippen molar-refractivity contribution < 1.29 is 4.74 Å². The molecule has 1 aromatic rings. The zero-order valence-corrected chi connectivity index (χ0v) is 12.9. The Hall–Kier alpha value is -0.970. The molecule has 1 aliphatic heterocycles. The summed E-state index contributed by atoms with van der Waals surface area (Å²) >= 11 is 0. The maximum Gasteiger partial charge on any atom is 0.0616 e. The number of likely N-dealkylation sites (N-methyl/N-ethyl adjacent to an activating group) is 1. The molecular weight excluding hydrogens is 250 g/mol. The first-order chi connectivity index (χ1) is 9.57. The van der Waals surface area contributed by atoms with Gasteiger partial charge in [-0.1, -0.05) is 13.8 Å². The molecule has 2 rings (SSSR count). The second-order valence-corrected chi connectivity index (χ2v) is 6.25. The molecule has 4 nitrogen and oxygen atoms in total. The van der Waals surface area contributed by atoms with Crippen molar-refractivity contribution in [1.82, 2.24) is 9.88 Å². The van der Waals surface area contributed by atoms with Crippen molar-refractivity contribution in [2.75, 3.05) is 20.2 Å². The Morgan fingerprint density at radius 2 is 2.15 bits per heavy atom. The summed E-state index contributed by atoms with van der Waals surface area (Å²) in [5.41, 5.74) is 7.48. The fourth-order valence-corrected chi connectivity index (χ4v) is 2.98. The van der Waals surface area contributed by atoms with Crippen molar-refractivity contribution in [2.45, 2.75) is 44.9 Å². The molecule has 2 atom stereocenters. The SMILES string of the molecule is CC(C)C1CC(CN)(N(C)Cc2ccncc2)CCO1.